The second kappa shape index (κ2) is 11.9. The van der Waals surface area contributed by atoms with E-state index < -0.39 is 17.7 Å². The largest absolute Gasteiger partial charge is 0.497 e. The molecule has 0 radical (unpaired) electrons. The Morgan fingerprint density at radius 3 is 2.47 bits per heavy atom. The predicted molar refractivity (Wildman–Crippen MR) is 142 cm³/mol. The molecule has 1 N–H and O–H groups in total. The lowest BCUT2D eigenvalue weighted by Gasteiger charge is -2.19. The summed E-state index contributed by atoms with van der Waals surface area (Å²) in [5.41, 5.74) is 2.12. The van der Waals surface area contributed by atoms with Crippen molar-refractivity contribution < 1.29 is 27.4 Å². The van der Waals surface area contributed by atoms with Crippen molar-refractivity contribution >= 4 is 28.4 Å². The molecule has 0 aliphatic rings. The first-order valence-electron chi connectivity index (χ1n) is 12.0. The third kappa shape index (κ3) is 6.31. The molecule has 3 aromatic carbocycles. The minimum absolute atomic E-state index is 0.0425. The van der Waals surface area contributed by atoms with Crippen LogP contribution in [0.15, 0.2) is 72.9 Å². The first-order chi connectivity index (χ1) is 18.2. The van der Waals surface area contributed by atoms with Crippen molar-refractivity contribution in [3.8, 4) is 5.75 Å². The SMILES string of the molecule is COCCNC(=O)CC(c1ccc(Cl)c(C(F)(F)F)c1)c1cn(Cc2ccc(OC)cc2)c2ccccc12. The summed E-state index contributed by atoms with van der Waals surface area (Å²) in [6.07, 6.45) is -2.75. The number of aromatic nitrogens is 1. The van der Waals surface area contributed by atoms with E-state index in [0.29, 0.717) is 25.3 Å². The van der Waals surface area contributed by atoms with E-state index in [9.17, 15) is 18.0 Å². The van der Waals surface area contributed by atoms with Gasteiger partial charge in [0.05, 0.1) is 24.3 Å². The average Bonchev–Trinajstić information content (AvgIpc) is 3.25. The van der Waals surface area contributed by atoms with E-state index in [-0.39, 0.29) is 17.4 Å². The van der Waals surface area contributed by atoms with E-state index in [2.05, 4.69) is 5.32 Å². The summed E-state index contributed by atoms with van der Waals surface area (Å²) in [5.74, 6) is -0.185. The van der Waals surface area contributed by atoms with Gasteiger partial charge in [-0.2, -0.15) is 13.2 Å². The number of methoxy groups -OCH3 is 2. The molecule has 5 nitrogen and oxygen atoms in total. The van der Waals surface area contributed by atoms with Crippen LogP contribution in [0.5, 0.6) is 5.75 Å². The fourth-order valence-corrected chi connectivity index (χ4v) is 4.77. The number of fused-ring (bicyclic) bond motifs is 1. The van der Waals surface area contributed by atoms with Gasteiger partial charge in [0.15, 0.2) is 0 Å². The summed E-state index contributed by atoms with van der Waals surface area (Å²) >= 11 is 5.91. The van der Waals surface area contributed by atoms with Crippen LogP contribution in [0.2, 0.25) is 5.02 Å². The van der Waals surface area contributed by atoms with Gasteiger partial charge in [0.2, 0.25) is 5.91 Å². The number of amides is 1. The summed E-state index contributed by atoms with van der Waals surface area (Å²) in [6.45, 7) is 1.16. The predicted octanol–water partition coefficient (Wildman–Crippen LogP) is 6.66. The number of nitrogens with zero attached hydrogens (tertiary/aromatic N) is 1. The molecule has 0 saturated carbocycles. The van der Waals surface area contributed by atoms with Crippen molar-refractivity contribution in [2.24, 2.45) is 0 Å². The van der Waals surface area contributed by atoms with Crippen molar-refractivity contribution in [1.82, 2.24) is 9.88 Å². The topological polar surface area (TPSA) is 52.5 Å². The average molecular weight is 545 g/mol. The van der Waals surface area contributed by atoms with Gasteiger partial charge in [-0.25, -0.2) is 0 Å². The second-order valence-electron chi connectivity index (χ2n) is 8.91. The molecule has 4 rings (SSSR count). The molecule has 0 aliphatic heterocycles. The van der Waals surface area contributed by atoms with Crippen LogP contribution in [-0.2, 0) is 22.3 Å². The summed E-state index contributed by atoms with van der Waals surface area (Å²) in [7, 11) is 3.13. The summed E-state index contributed by atoms with van der Waals surface area (Å²) in [6, 6.07) is 19.2. The molecule has 9 heteroatoms. The van der Waals surface area contributed by atoms with Gasteiger partial charge < -0.3 is 19.4 Å². The lowest BCUT2D eigenvalue weighted by Crippen LogP contribution is -2.28. The highest BCUT2D eigenvalue weighted by atomic mass is 35.5. The van der Waals surface area contributed by atoms with Crippen LogP contribution in [0.25, 0.3) is 10.9 Å². The lowest BCUT2D eigenvalue weighted by atomic mass is 9.87. The standard InChI is InChI=1S/C29H28ClF3N2O3/c1-37-14-13-34-28(36)16-23(20-9-12-26(30)25(15-20)29(31,32)33)24-18-35(27-6-4-3-5-22(24)27)17-19-7-10-21(38-2)11-8-19/h3-12,15,18,23H,13-14,16-17H2,1-2H3,(H,34,36). The van der Waals surface area contributed by atoms with Crippen LogP contribution >= 0.6 is 11.6 Å². The van der Waals surface area contributed by atoms with Crippen molar-refractivity contribution in [2.75, 3.05) is 27.4 Å². The molecule has 0 aliphatic carbocycles. The second-order valence-corrected chi connectivity index (χ2v) is 9.32. The molecule has 4 aromatic rings. The van der Waals surface area contributed by atoms with Crippen LogP contribution < -0.4 is 10.1 Å². The molecule has 0 bridgehead atoms. The van der Waals surface area contributed by atoms with Gasteiger partial charge in [0.25, 0.3) is 0 Å². The normalized spacial score (nSPS) is 12.5. The number of benzene rings is 3. The van der Waals surface area contributed by atoms with E-state index >= 15 is 0 Å². The minimum Gasteiger partial charge on any atom is -0.497 e. The van der Waals surface area contributed by atoms with Gasteiger partial charge >= 0.3 is 6.18 Å². The number of para-hydroxylation sites is 1. The maximum absolute atomic E-state index is 13.7. The molecule has 1 unspecified atom stereocenters. The van der Waals surface area contributed by atoms with Gasteiger partial charge in [-0.1, -0.05) is 48.0 Å². The smallest absolute Gasteiger partial charge is 0.417 e. The maximum Gasteiger partial charge on any atom is 0.417 e. The van der Waals surface area contributed by atoms with E-state index in [4.69, 9.17) is 21.1 Å². The number of carbonyl (C=O) groups excluding carboxylic acids is 1. The van der Waals surface area contributed by atoms with Gasteiger partial charge in [-0.3, -0.25) is 4.79 Å². The Kier molecular flexibility index (Phi) is 8.64. The van der Waals surface area contributed by atoms with Crippen molar-refractivity contribution in [1.29, 1.82) is 0 Å². The summed E-state index contributed by atoms with van der Waals surface area (Å²) in [5, 5.41) is 3.26. The Balaban J connectivity index is 1.79. The Labute approximate surface area is 224 Å². The molecule has 1 atom stereocenters. The first kappa shape index (κ1) is 27.5. The van der Waals surface area contributed by atoms with Crippen LogP contribution in [0.3, 0.4) is 0 Å². The first-order valence-corrected chi connectivity index (χ1v) is 12.4. The van der Waals surface area contributed by atoms with Crippen LogP contribution in [0, 0.1) is 0 Å². The van der Waals surface area contributed by atoms with Gasteiger partial charge in [0, 0.05) is 49.6 Å². The molecule has 1 heterocycles. The number of rotatable bonds is 10. The quantitative estimate of drug-likeness (QED) is 0.227. The fourth-order valence-electron chi connectivity index (χ4n) is 4.55. The number of carbonyl (C=O) groups is 1. The molecule has 38 heavy (non-hydrogen) atoms. The van der Waals surface area contributed by atoms with Gasteiger partial charge in [0.1, 0.15) is 5.75 Å². The molecule has 0 fully saturated rings. The molecule has 1 aromatic heterocycles. The van der Waals surface area contributed by atoms with Gasteiger partial charge in [-0.05, 0) is 47.0 Å². The van der Waals surface area contributed by atoms with E-state index in [1.54, 1.807) is 13.2 Å². The Morgan fingerprint density at radius 2 is 1.79 bits per heavy atom. The third-order valence-corrected chi connectivity index (χ3v) is 6.75. The van der Waals surface area contributed by atoms with Crippen LogP contribution in [0.4, 0.5) is 13.2 Å². The number of hydrogen-bond donors (Lipinski definition) is 1. The lowest BCUT2D eigenvalue weighted by molar-refractivity contribution is -0.137. The molecule has 200 valence electrons. The summed E-state index contributed by atoms with van der Waals surface area (Å²) in [4.78, 5) is 12.9. The summed E-state index contributed by atoms with van der Waals surface area (Å²) < 4.78 is 53.5. The van der Waals surface area contributed by atoms with Crippen molar-refractivity contribution in [3.05, 3.63) is 100 Å². The zero-order valence-corrected chi connectivity index (χ0v) is 21.8. The molecule has 0 saturated heterocycles. The van der Waals surface area contributed by atoms with Gasteiger partial charge in [-0.15, -0.1) is 0 Å². The third-order valence-electron chi connectivity index (χ3n) is 6.42. The van der Waals surface area contributed by atoms with Crippen molar-refractivity contribution in [3.63, 3.8) is 0 Å². The van der Waals surface area contributed by atoms with Crippen LogP contribution in [0.1, 0.15) is 34.6 Å². The number of halogens is 4. The number of alkyl halides is 3. The Hall–Kier alpha value is -3.49. The highest BCUT2D eigenvalue weighted by Gasteiger charge is 2.34. The fraction of sp³-hybridized carbons (Fsp3) is 0.276. The highest BCUT2D eigenvalue weighted by Crippen LogP contribution is 2.40. The molecular weight excluding hydrogens is 517 g/mol. The number of hydrogen-bond acceptors (Lipinski definition) is 3. The molecule has 0 spiro atoms. The van der Waals surface area contributed by atoms with E-state index in [1.807, 2.05) is 59.3 Å². The minimum atomic E-state index is -4.62. The Bertz CT molecular complexity index is 1400. The van der Waals surface area contributed by atoms with E-state index in [0.717, 1.165) is 33.8 Å². The zero-order chi connectivity index (χ0) is 27.3. The molecule has 1 amide bonds. The van der Waals surface area contributed by atoms with Crippen LogP contribution in [-0.4, -0.2) is 37.8 Å². The highest BCUT2D eigenvalue weighted by molar-refractivity contribution is 6.31. The number of ether oxygens (including phenoxy) is 2. The molecular formula is C29H28ClF3N2O3. The Morgan fingerprint density at radius 1 is 1.05 bits per heavy atom. The number of nitrogens with one attached hydrogen (secondary N) is 1. The van der Waals surface area contributed by atoms with E-state index in [1.165, 1.54) is 13.2 Å². The van der Waals surface area contributed by atoms with Crippen molar-refractivity contribution in [2.45, 2.75) is 25.1 Å². The zero-order valence-electron chi connectivity index (χ0n) is 21.0. The monoisotopic (exact) mass is 544 g/mol. The maximum atomic E-state index is 13.7.